The third-order valence-electron chi connectivity index (χ3n) is 5.15. The molecule has 1 saturated heterocycles. The molecule has 2 rings (SSSR count). The SMILES string of the molecule is C=CCOC(=O)c1cc(OC)c(OC)cc1NC(=O)C1CC(C(C(=O)S)C(=O)OCC=C)CN1. The van der Waals surface area contributed by atoms with E-state index in [9.17, 15) is 19.2 Å². The molecule has 1 aromatic carbocycles. The molecule has 0 bridgehead atoms. The number of nitrogens with one attached hydrogen (secondary N) is 2. The molecular formula is C23H28N2O8S. The molecular weight excluding hydrogens is 464 g/mol. The number of methoxy groups -OCH3 is 2. The van der Waals surface area contributed by atoms with Crippen molar-refractivity contribution in [3.8, 4) is 11.5 Å². The molecule has 0 spiro atoms. The van der Waals surface area contributed by atoms with Gasteiger partial charge in [-0.05, 0) is 12.3 Å². The zero-order chi connectivity index (χ0) is 25.3. The van der Waals surface area contributed by atoms with Crippen LogP contribution in [0, 0.1) is 11.8 Å². The van der Waals surface area contributed by atoms with Gasteiger partial charge in [-0.2, -0.15) is 0 Å². The van der Waals surface area contributed by atoms with Crippen LogP contribution in [-0.4, -0.2) is 63.0 Å². The van der Waals surface area contributed by atoms with Crippen molar-refractivity contribution in [3.05, 3.63) is 43.0 Å². The molecule has 11 heteroatoms. The number of carbonyl (C=O) groups excluding carboxylic acids is 4. The molecule has 1 aromatic rings. The molecule has 0 aromatic heterocycles. The number of carbonyl (C=O) groups is 4. The monoisotopic (exact) mass is 492 g/mol. The molecule has 0 radical (unpaired) electrons. The smallest absolute Gasteiger partial charge is 0.340 e. The Kier molecular flexibility index (Phi) is 10.1. The van der Waals surface area contributed by atoms with Gasteiger partial charge in [-0.3, -0.25) is 14.4 Å². The Balaban J connectivity index is 2.22. The van der Waals surface area contributed by atoms with E-state index in [4.69, 9.17) is 18.9 Å². The van der Waals surface area contributed by atoms with Crippen molar-refractivity contribution in [1.29, 1.82) is 0 Å². The number of hydrogen-bond donors (Lipinski definition) is 3. The third kappa shape index (κ3) is 6.61. The van der Waals surface area contributed by atoms with E-state index >= 15 is 0 Å². The highest BCUT2D eigenvalue weighted by Crippen LogP contribution is 2.34. The largest absolute Gasteiger partial charge is 0.493 e. The van der Waals surface area contributed by atoms with E-state index in [1.807, 2.05) is 0 Å². The lowest BCUT2D eigenvalue weighted by Crippen LogP contribution is -2.36. The summed E-state index contributed by atoms with van der Waals surface area (Å²) in [6.45, 7) is 7.14. The van der Waals surface area contributed by atoms with Crippen molar-refractivity contribution in [3.63, 3.8) is 0 Å². The van der Waals surface area contributed by atoms with Crippen LogP contribution in [0.5, 0.6) is 11.5 Å². The molecule has 0 aliphatic carbocycles. The van der Waals surface area contributed by atoms with Crippen molar-refractivity contribution in [1.82, 2.24) is 5.32 Å². The molecule has 0 saturated carbocycles. The van der Waals surface area contributed by atoms with Crippen molar-refractivity contribution in [2.75, 3.05) is 39.3 Å². The molecule has 1 aliphatic rings. The molecule has 1 fully saturated rings. The second-order valence-corrected chi connectivity index (χ2v) is 7.76. The van der Waals surface area contributed by atoms with Crippen LogP contribution in [0.25, 0.3) is 0 Å². The first-order valence-corrected chi connectivity index (χ1v) is 10.8. The van der Waals surface area contributed by atoms with Crippen LogP contribution in [0.3, 0.4) is 0 Å². The number of esters is 2. The van der Waals surface area contributed by atoms with Crippen LogP contribution in [0.2, 0.25) is 0 Å². The highest BCUT2D eigenvalue weighted by atomic mass is 32.1. The number of anilines is 1. The Morgan fingerprint density at radius 3 is 2.32 bits per heavy atom. The summed E-state index contributed by atoms with van der Waals surface area (Å²) in [5.41, 5.74) is 0.202. The first-order valence-electron chi connectivity index (χ1n) is 10.4. The van der Waals surface area contributed by atoms with Crippen molar-refractivity contribution < 1.29 is 38.1 Å². The summed E-state index contributed by atoms with van der Waals surface area (Å²) in [7, 11) is 2.83. The maximum absolute atomic E-state index is 13.0. The summed E-state index contributed by atoms with van der Waals surface area (Å²) < 4.78 is 20.6. The predicted octanol–water partition coefficient (Wildman–Crippen LogP) is 1.76. The third-order valence-corrected chi connectivity index (χ3v) is 5.43. The van der Waals surface area contributed by atoms with Crippen LogP contribution in [0.15, 0.2) is 37.4 Å². The van der Waals surface area contributed by atoms with Gasteiger partial charge in [-0.15, -0.1) is 12.6 Å². The summed E-state index contributed by atoms with van der Waals surface area (Å²) in [5, 5.41) is 5.04. The second kappa shape index (κ2) is 12.8. The molecule has 3 atom stereocenters. The highest BCUT2D eigenvalue weighted by molar-refractivity contribution is 7.96. The standard InChI is InChI=1S/C23H28N2O8S/c1-5-7-32-21(27)14-10-17(30-3)18(31-4)11-15(14)25-20(26)16-9-13(12-24-16)19(23(29)34)22(28)33-8-6-2/h5-6,10-11,13,16,19,24H,1-2,7-9,12H2,3-4H3,(H,25,26)(H,29,34). The van der Waals surface area contributed by atoms with E-state index in [1.54, 1.807) is 0 Å². The van der Waals surface area contributed by atoms with Gasteiger partial charge in [0.25, 0.3) is 0 Å². The van der Waals surface area contributed by atoms with E-state index in [0.717, 1.165) is 0 Å². The molecule has 1 amide bonds. The fraction of sp³-hybridized carbons (Fsp3) is 0.391. The molecule has 2 N–H and O–H groups in total. The minimum absolute atomic E-state index is 0.0203. The number of hydrogen-bond acceptors (Lipinski definition) is 9. The number of benzene rings is 1. The first-order chi connectivity index (χ1) is 16.3. The van der Waals surface area contributed by atoms with E-state index in [1.165, 1.54) is 38.5 Å². The quantitative estimate of drug-likeness (QED) is 0.173. The summed E-state index contributed by atoms with van der Waals surface area (Å²) in [4.78, 5) is 49.8. The Labute approximate surface area is 203 Å². The molecule has 3 unspecified atom stereocenters. The summed E-state index contributed by atoms with van der Waals surface area (Å²) in [6.07, 6.45) is 2.98. The van der Waals surface area contributed by atoms with Crippen LogP contribution in [-0.2, 0) is 23.9 Å². The first kappa shape index (κ1) is 26.9. The van der Waals surface area contributed by atoms with Crippen LogP contribution in [0.4, 0.5) is 5.69 Å². The molecule has 34 heavy (non-hydrogen) atoms. The van der Waals surface area contributed by atoms with Crippen molar-refractivity contribution in [2.24, 2.45) is 11.8 Å². The summed E-state index contributed by atoms with van der Waals surface area (Å²) >= 11 is 3.82. The van der Waals surface area contributed by atoms with Gasteiger partial charge in [0, 0.05) is 18.7 Å². The fourth-order valence-electron chi connectivity index (χ4n) is 3.53. The van der Waals surface area contributed by atoms with Gasteiger partial charge in [0.1, 0.15) is 19.1 Å². The van der Waals surface area contributed by atoms with E-state index < -0.39 is 40.8 Å². The van der Waals surface area contributed by atoms with E-state index in [2.05, 4.69) is 36.4 Å². The number of thiol groups is 1. The van der Waals surface area contributed by atoms with Crippen LogP contribution in [0.1, 0.15) is 16.8 Å². The zero-order valence-corrected chi connectivity index (χ0v) is 19.9. The lowest BCUT2D eigenvalue weighted by molar-refractivity contribution is -0.151. The van der Waals surface area contributed by atoms with Crippen LogP contribution < -0.4 is 20.1 Å². The minimum Gasteiger partial charge on any atom is -0.493 e. The van der Waals surface area contributed by atoms with Crippen LogP contribution >= 0.6 is 12.6 Å². The fourth-order valence-corrected chi connectivity index (χ4v) is 3.84. The van der Waals surface area contributed by atoms with E-state index in [-0.39, 0.29) is 43.2 Å². The van der Waals surface area contributed by atoms with Gasteiger partial charge in [-0.25, -0.2) is 4.79 Å². The van der Waals surface area contributed by atoms with Gasteiger partial charge in [0.05, 0.1) is 31.5 Å². The lowest BCUT2D eigenvalue weighted by atomic mass is 9.90. The average molecular weight is 493 g/mol. The van der Waals surface area contributed by atoms with Gasteiger partial charge >= 0.3 is 11.9 Å². The average Bonchev–Trinajstić information content (AvgIpc) is 3.30. The lowest BCUT2D eigenvalue weighted by Gasteiger charge is -2.18. The van der Waals surface area contributed by atoms with E-state index in [0.29, 0.717) is 5.75 Å². The highest BCUT2D eigenvalue weighted by Gasteiger charge is 2.41. The van der Waals surface area contributed by atoms with Gasteiger partial charge in [0.2, 0.25) is 5.91 Å². The van der Waals surface area contributed by atoms with Crippen molar-refractivity contribution in [2.45, 2.75) is 12.5 Å². The maximum atomic E-state index is 13.0. The molecule has 1 aliphatic heterocycles. The Bertz CT molecular complexity index is 965. The summed E-state index contributed by atoms with van der Waals surface area (Å²) in [6, 6.07) is 2.11. The van der Waals surface area contributed by atoms with Gasteiger partial charge in [-0.1, -0.05) is 25.3 Å². The zero-order valence-electron chi connectivity index (χ0n) is 19.0. The molecule has 1 heterocycles. The topological polar surface area (TPSA) is 129 Å². The Morgan fingerprint density at radius 1 is 1.12 bits per heavy atom. The maximum Gasteiger partial charge on any atom is 0.340 e. The molecule has 10 nitrogen and oxygen atoms in total. The Morgan fingerprint density at radius 2 is 1.74 bits per heavy atom. The Hall–Kier alpha value is -3.31. The number of ether oxygens (including phenoxy) is 4. The van der Waals surface area contributed by atoms with Gasteiger partial charge in [0.15, 0.2) is 16.6 Å². The second-order valence-electron chi connectivity index (χ2n) is 7.32. The van der Waals surface area contributed by atoms with Gasteiger partial charge < -0.3 is 29.6 Å². The normalized spacial score (nSPS) is 17.7. The molecule has 184 valence electrons. The predicted molar refractivity (Wildman–Crippen MR) is 127 cm³/mol. The number of amides is 1. The minimum atomic E-state index is -1.13. The van der Waals surface area contributed by atoms with Crippen molar-refractivity contribution >= 4 is 41.3 Å². The number of rotatable bonds is 12. The summed E-state index contributed by atoms with van der Waals surface area (Å²) in [5.74, 6) is -2.95.